The second-order valence-corrected chi connectivity index (χ2v) is 16.0. The highest BCUT2D eigenvalue weighted by molar-refractivity contribution is 5.86. The zero-order valence-corrected chi connectivity index (χ0v) is 26.8. The summed E-state index contributed by atoms with van der Waals surface area (Å²) in [5, 5.41) is 33.6. The van der Waals surface area contributed by atoms with Crippen LogP contribution in [0.15, 0.2) is 48.2 Å². The van der Waals surface area contributed by atoms with Crippen LogP contribution in [0.3, 0.4) is 0 Å². The van der Waals surface area contributed by atoms with E-state index in [-0.39, 0.29) is 39.1 Å². The van der Waals surface area contributed by atoms with Crippen LogP contribution in [-0.4, -0.2) is 25.9 Å². The lowest BCUT2D eigenvalue weighted by Gasteiger charge is -2.70. The van der Waals surface area contributed by atoms with Crippen LogP contribution in [-0.2, 0) is 17.3 Å². The molecule has 0 aliphatic heterocycles. The Hall–Kier alpha value is -3.21. The highest BCUT2D eigenvalue weighted by Gasteiger charge is 2.67. The van der Waals surface area contributed by atoms with Crippen molar-refractivity contribution in [2.45, 2.75) is 97.8 Å². The Morgan fingerprint density at radius 1 is 0.953 bits per heavy atom. The SMILES string of the molecule is Cc1c(O)c(O)cc2c1C(c1cn(C)c3ccccc13)C=C1[C@@]2(C)CC[C@@]2(C)[C@@H]3C[C@](C)(C(=O)O)CC[C@]3(C)CC[C@]12C. The molecule has 1 heterocycles. The Morgan fingerprint density at radius 2 is 1.65 bits per heavy atom. The van der Waals surface area contributed by atoms with E-state index in [4.69, 9.17) is 0 Å². The molecule has 0 saturated heterocycles. The van der Waals surface area contributed by atoms with Gasteiger partial charge in [0, 0.05) is 35.5 Å². The molecule has 3 saturated carbocycles. The van der Waals surface area contributed by atoms with Gasteiger partial charge < -0.3 is 19.9 Å². The van der Waals surface area contributed by atoms with Gasteiger partial charge in [0.05, 0.1) is 5.41 Å². The lowest BCUT2D eigenvalue weighted by atomic mass is 9.34. The Labute approximate surface area is 255 Å². The van der Waals surface area contributed by atoms with Crippen molar-refractivity contribution in [1.29, 1.82) is 0 Å². The van der Waals surface area contributed by atoms with Gasteiger partial charge in [0.1, 0.15) is 0 Å². The summed E-state index contributed by atoms with van der Waals surface area (Å²) in [5.74, 6) is -0.488. The minimum Gasteiger partial charge on any atom is -0.504 e. The number of aryl methyl sites for hydroxylation is 1. The molecule has 1 unspecified atom stereocenters. The average Bonchev–Trinajstić information content (AvgIpc) is 3.30. The number of carbonyl (C=O) groups is 1. The average molecular weight is 582 g/mol. The van der Waals surface area contributed by atoms with E-state index in [0.29, 0.717) is 5.92 Å². The van der Waals surface area contributed by atoms with Crippen LogP contribution < -0.4 is 0 Å². The van der Waals surface area contributed by atoms with Crippen molar-refractivity contribution < 1.29 is 20.1 Å². The van der Waals surface area contributed by atoms with Crippen molar-refractivity contribution >= 4 is 16.9 Å². The molecule has 5 nitrogen and oxygen atoms in total. The molecular formula is C38H47NO4. The molecule has 7 atom stereocenters. The summed E-state index contributed by atoms with van der Waals surface area (Å²) in [5.41, 5.74) is 5.79. The number of aromatic nitrogens is 1. The number of aromatic hydroxyl groups is 2. The van der Waals surface area contributed by atoms with Crippen LogP contribution in [0.4, 0.5) is 0 Å². The molecule has 4 aliphatic rings. The van der Waals surface area contributed by atoms with E-state index < -0.39 is 11.4 Å². The fraction of sp³-hybridized carbons (Fsp3) is 0.553. The summed E-state index contributed by atoms with van der Waals surface area (Å²) in [6, 6.07) is 10.4. The molecule has 0 spiro atoms. The molecule has 4 aliphatic carbocycles. The molecule has 3 aromatic rings. The van der Waals surface area contributed by atoms with Gasteiger partial charge in [0.2, 0.25) is 0 Å². The zero-order valence-electron chi connectivity index (χ0n) is 26.8. The largest absolute Gasteiger partial charge is 0.504 e. The third kappa shape index (κ3) is 3.48. The molecular weight excluding hydrogens is 534 g/mol. The van der Waals surface area contributed by atoms with E-state index in [1.54, 1.807) is 0 Å². The maximum absolute atomic E-state index is 12.6. The van der Waals surface area contributed by atoms with Gasteiger partial charge in [-0.2, -0.15) is 0 Å². The second-order valence-electron chi connectivity index (χ2n) is 16.0. The minimum absolute atomic E-state index is 0.0279. The number of hydrogen-bond donors (Lipinski definition) is 3. The van der Waals surface area contributed by atoms with Crippen LogP contribution in [0.1, 0.15) is 108 Å². The fourth-order valence-corrected chi connectivity index (χ4v) is 10.8. The van der Waals surface area contributed by atoms with Gasteiger partial charge in [-0.3, -0.25) is 4.79 Å². The third-order valence-corrected chi connectivity index (χ3v) is 13.9. The number of para-hydroxylation sites is 1. The number of rotatable bonds is 2. The second kappa shape index (κ2) is 8.70. The number of carboxylic acid groups (broad SMARTS) is 1. The number of hydrogen-bond acceptors (Lipinski definition) is 3. The number of allylic oxidation sites excluding steroid dienone is 2. The van der Waals surface area contributed by atoms with E-state index in [0.717, 1.165) is 61.6 Å². The molecule has 43 heavy (non-hydrogen) atoms. The van der Waals surface area contributed by atoms with Gasteiger partial charge in [0.25, 0.3) is 0 Å². The van der Waals surface area contributed by atoms with Crippen LogP contribution in [0.5, 0.6) is 11.5 Å². The maximum Gasteiger partial charge on any atom is 0.309 e. The van der Waals surface area contributed by atoms with Crippen LogP contribution in [0.2, 0.25) is 0 Å². The number of fused-ring (bicyclic) bond motifs is 8. The number of phenols is 2. The quantitative estimate of drug-likeness (QED) is 0.209. The first-order chi connectivity index (χ1) is 20.1. The van der Waals surface area contributed by atoms with Crippen molar-refractivity contribution in [2.75, 3.05) is 0 Å². The number of aliphatic carboxylic acids is 1. The van der Waals surface area contributed by atoms with Gasteiger partial charge in [-0.05, 0) is 115 Å². The van der Waals surface area contributed by atoms with Crippen LogP contribution in [0.25, 0.3) is 10.9 Å². The summed E-state index contributed by atoms with van der Waals surface area (Å²) in [7, 11) is 2.09. The smallest absolute Gasteiger partial charge is 0.309 e. The minimum atomic E-state index is -0.689. The van der Waals surface area contributed by atoms with Gasteiger partial charge in [-0.25, -0.2) is 0 Å². The number of benzene rings is 2. The molecule has 3 N–H and O–H groups in total. The molecule has 0 amide bonds. The van der Waals surface area contributed by atoms with Gasteiger partial charge in [0.15, 0.2) is 11.5 Å². The van der Waals surface area contributed by atoms with E-state index in [1.807, 2.05) is 19.9 Å². The molecule has 228 valence electrons. The topological polar surface area (TPSA) is 82.7 Å². The first-order valence-electron chi connectivity index (χ1n) is 16.2. The number of phenolic OH excluding ortho intramolecular Hbond substituents is 2. The van der Waals surface area contributed by atoms with E-state index in [9.17, 15) is 20.1 Å². The molecule has 2 aromatic carbocycles. The summed E-state index contributed by atoms with van der Waals surface area (Å²) in [6.45, 7) is 13.7. The molecule has 0 bridgehead atoms. The Kier molecular flexibility index (Phi) is 5.78. The Balaban J connectivity index is 1.48. The predicted molar refractivity (Wildman–Crippen MR) is 171 cm³/mol. The molecule has 5 heteroatoms. The van der Waals surface area contributed by atoms with Crippen molar-refractivity contribution in [1.82, 2.24) is 4.57 Å². The van der Waals surface area contributed by atoms with Crippen molar-refractivity contribution in [3.8, 4) is 11.5 Å². The lowest BCUT2D eigenvalue weighted by Crippen LogP contribution is -2.62. The lowest BCUT2D eigenvalue weighted by molar-refractivity contribution is -0.177. The molecule has 0 radical (unpaired) electrons. The predicted octanol–water partition coefficient (Wildman–Crippen LogP) is 8.73. The fourth-order valence-electron chi connectivity index (χ4n) is 10.8. The van der Waals surface area contributed by atoms with Crippen LogP contribution >= 0.6 is 0 Å². The van der Waals surface area contributed by atoms with Crippen molar-refractivity contribution in [3.63, 3.8) is 0 Å². The maximum atomic E-state index is 12.6. The van der Waals surface area contributed by atoms with Gasteiger partial charge in [-0.15, -0.1) is 0 Å². The standard InChI is InChI=1S/C38H47NO4/c1-22-31-24(25-21-39(7)27-11-9-8-10-23(25)27)18-29-36(4,26(31)19-28(40)32(22)41)15-17-38(6)30-20-35(3,33(42)43)13-12-34(30,2)14-16-37(29,38)5/h8-11,18-19,21,24,30,40-41H,12-17,20H2,1-7H3,(H,42,43)/t24?,30-,34-,35-,36+,37-,38+/m1/s1. The number of carboxylic acids is 1. The highest BCUT2D eigenvalue weighted by Crippen LogP contribution is 2.75. The summed E-state index contributed by atoms with van der Waals surface area (Å²) < 4.78 is 2.19. The molecule has 1 aromatic heterocycles. The van der Waals surface area contributed by atoms with Crippen molar-refractivity contribution in [3.05, 3.63) is 70.4 Å². The monoisotopic (exact) mass is 581 g/mol. The summed E-state index contributed by atoms with van der Waals surface area (Å²) >= 11 is 0. The van der Waals surface area contributed by atoms with Gasteiger partial charge >= 0.3 is 5.97 Å². The van der Waals surface area contributed by atoms with Crippen molar-refractivity contribution in [2.24, 2.45) is 34.6 Å². The van der Waals surface area contributed by atoms with E-state index >= 15 is 0 Å². The highest BCUT2D eigenvalue weighted by atomic mass is 16.4. The number of nitrogens with zero attached hydrogens (tertiary/aromatic N) is 1. The van der Waals surface area contributed by atoms with E-state index in [1.165, 1.54) is 22.0 Å². The molecule has 7 rings (SSSR count). The summed E-state index contributed by atoms with van der Waals surface area (Å²) in [6.07, 6.45) is 11.3. The molecule has 3 fully saturated rings. The Bertz CT molecular complexity index is 1730. The van der Waals surface area contributed by atoms with Crippen LogP contribution in [0, 0.1) is 34.5 Å². The first-order valence-corrected chi connectivity index (χ1v) is 16.2. The summed E-state index contributed by atoms with van der Waals surface area (Å²) in [4.78, 5) is 12.6. The first kappa shape index (κ1) is 28.6. The Morgan fingerprint density at radius 3 is 2.37 bits per heavy atom. The normalized spacial score (nSPS) is 38.4. The van der Waals surface area contributed by atoms with E-state index in [2.05, 4.69) is 75.8 Å². The van der Waals surface area contributed by atoms with Gasteiger partial charge in [-0.1, -0.05) is 57.5 Å². The zero-order chi connectivity index (χ0) is 30.9. The third-order valence-electron chi connectivity index (χ3n) is 13.9.